The fraction of sp³-hybridized carbons (Fsp3) is 0.889. The van der Waals surface area contributed by atoms with Crippen LogP contribution in [0.2, 0.25) is 36.3 Å². The summed E-state index contributed by atoms with van der Waals surface area (Å²) in [7, 11) is -4.08. The monoisotopic (exact) mass is 374 g/mol. The highest BCUT2D eigenvalue weighted by molar-refractivity contribution is 6.75. The molecule has 142 valence electrons. The SMILES string of the molecule is CC(C)(C)[Si](C)(C)OC(=O)CCCCC(=O)O[Si](C)(C)C(C)(C)C. The van der Waals surface area contributed by atoms with Gasteiger partial charge in [-0.15, -0.1) is 0 Å². The quantitative estimate of drug-likeness (QED) is 0.427. The van der Waals surface area contributed by atoms with Gasteiger partial charge in [0.2, 0.25) is 0 Å². The summed E-state index contributed by atoms with van der Waals surface area (Å²) >= 11 is 0. The van der Waals surface area contributed by atoms with Crippen molar-refractivity contribution in [2.24, 2.45) is 0 Å². The second kappa shape index (κ2) is 8.17. The maximum Gasteiger partial charge on any atom is 0.292 e. The second-order valence-corrected chi connectivity index (χ2v) is 19.1. The lowest BCUT2D eigenvalue weighted by Crippen LogP contribution is -2.42. The lowest BCUT2D eigenvalue weighted by Gasteiger charge is -2.35. The summed E-state index contributed by atoms with van der Waals surface area (Å²) in [6, 6.07) is 0. The van der Waals surface area contributed by atoms with Crippen molar-refractivity contribution in [2.75, 3.05) is 0 Å². The highest BCUT2D eigenvalue weighted by Crippen LogP contribution is 2.37. The average Bonchev–Trinajstić information content (AvgIpc) is 2.30. The van der Waals surface area contributed by atoms with Crippen molar-refractivity contribution in [3.63, 3.8) is 0 Å². The number of rotatable bonds is 7. The Hall–Kier alpha value is -0.626. The van der Waals surface area contributed by atoms with Crippen LogP contribution < -0.4 is 0 Å². The van der Waals surface area contributed by atoms with Crippen LogP contribution >= 0.6 is 0 Å². The summed E-state index contributed by atoms with van der Waals surface area (Å²) in [5.74, 6) is -0.279. The maximum atomic E-state index is 12.0. The molecular formula is C18H38O4Si2. The van der Waals surface area contributed by atoms with Gasteiger partial charge in [0.05, 0.1) is 0 Å². The fourth-order valence-corrected chi connectivity index (χ4v) is 3.47. The summed E-state index contributed by atoms with van der Waals surface area (Å²) in [6.45, 7) is 21.0. The summed E-state index contributed by atoms with van der Waals surface area (Å²) < 4.78 is 11.5. The largest absolute Gasteiger partial charge is 0.519 e. The van der Waals surface area contributed by atoms with Gasteiger partial charge in [-0.1, -0.05) is 41.5 Å². The minimum atomic E-state index is -2.04. The van der Waals surface area contributed by atoms with Gasteiger partial charge in [-0.25, -0.2) is 0 Å². The first-order chi connectivity index (χ1) is 10.5. The first kappa shape index (κ1) is 23.4. The van der Waals surface area contributed by atoms with Gasteiger partial charge >= 0.3 is 0 Å². The molecule has 0 aliphatic rings. The summed E-state index contributed by atoms with van der Waals surface area (Å²) in [5.41, 5.74) is 0. The molecule has 0 radical (unpaired) electrons. The first-order valence-electron chi connectivity index (χ1n) is 8.93. The highest BCUT2D eigenvalue weighted by Gasteiger charge is 2.41. The molecule has 4 nitrogen and oxygen atoms in total. The van der Waals surface area contributed by atoms with Crippen LogP contribution in [0.15, 0.2) is 0 Å². The zero-order valence-electron chi connectivity index (χ0n) is 17.5. The van der Waals surface area contributed by atoms with Crippen molar-refractivity contribution in [1.82, 2.24) is 0 Å². The summed E-state index contributed by atoms with van der Waals surface area (Å²) in [4.78, 5) is 24.0. The van der Waals surface area contributed by atoms with Gasteiger partial charge in [0.25, 0.3) is 28.6 Å². The molecule has 0 amide bonds. The molecule has 0 aliphatic carbocycles. The highest BCUT2D eigenvalue weighted by atomic mass is 28.4. The lowest BCUT2D eigenvalue weighted by atomic mass is 10.2. The maximum absolute atomic E-state index is 12.0. The zero-order valence-corrected chi connectivity index (χ0v) is 19.5. The van der Waals surface area contributed by atoms with Crippen LogP contribution in [0.25, 0.3) is 0 Å². The van der Waals surface area contributed by atoms with E-state index < -0.39 is 16.6 Å². The van der Waals surface area contributed by atoms with Crippen molar-refractivity contribution in [2.45, 2.75) is 103 Å². The molecule has 0 saturated carbocycles. The van der Waals surface area contributed by atoms with E-state index in [1.54, 1.807) is 0 Å². The second-order valence-electron chi connectivity index (χ2n) is 9.68. The Bertz CT molecular complexity index is 401. The normalized spacial score (nSPS) is 13.6. The minimum Gasteiger partial charge on any atom is -0.519 e. The van der Waals surface area contributed by atoms with Crippen LogP contribution in [0.1, 0.15) is 67.2 Å². The molecule has 0 aromatic carbocycles. The number of carbonyl (C=O) groups is 2. The molecule has 24 heavy (non-hydrogen) atoms. The average molecular weight is 375 g/mol. The first-order valence-corrected chi connectivity index (χ1v) is 14.7. The molecule has 0 N–H and O–H groups in total. The topological polar surface area (TPSA) is 52.6 Å². The van der Waals surface area contributed by atoms with Crippen molar-refractivity contribution in [3.05, 3.63) is 0 Å². The van der Waals surface area contributed by atoms with E-state index >= 15 is 0 Å². The van der Waals surface area contributed by atoms with Crippen LogP contribution in [0.3, 0.4) is 0 Å². The van der Waals surface area contributed by atoms with E-state index in [0.717, 1.165) is 0 Å². The van der Waals surface area contributed by atoms with Crippen molar-refractivity contribution in [3.8, 4) is 0 Å². The number of hydrogen-bond acceptors (Lipinski definition) is 4. The van der Waals surface area contributed by atoms with Crippen LogP contribution in [0, 0.1) is 0 Å². The minimum absolute atomic E-state index is 0.0234. The number of hydrogen-bond donors (Lipinski definition) is 0. The molecule has 0 saturated heterocycles. The predicted molar refractivity (Wildman–Crippen MR) is 105 cm³/mol. The van der Waals surface area contributed by atoms with E-state index in [0.29, 0.717) is 25.7 Å². The Kier molecular flexibility index (Phi) is 7.96. The van der Waals surface area contributed by atoms with Crippen LogP contribution in [-0.4, -0.2) is 28.6 Å². The molecule has 0 aromatic heterocycles. The van der Waals surface area contributed by atoms with Gasteiger partial charge in [0, 0.05) is 12.8 Å². The van der Waals surface area contributed by atoms with Crippen LogP contribution in [-0.2, 0) is 18.4 Å². The van der Waals surface area contributed by atoms with Crippen molar-refractivity contribution < 1.29 is 18.4 Å². The molecule has 0 aromatic rings. The van der Waals surface area contributed by atoms with Crippen molar-refractivity contribution in [1.29, 1.82) is 0 Å². The molecule has 0 aliphatic heterocycles. The number of carbonyl (C=O) groups excluding carboxylic acids is 2. The van der Waals surface area contributed by atoms with Gasteiger partial charge < -0.3 is 8.85 Å². The molecule has 0 spiro atoms. The molecule has 0 fully saturated rings. The molecule has 0 heterocycles. The smallest absolute Gasteiger partial charge is 0.292 e. The fourth-order valence-electron chi connectivity index (χ4n) is 1.52. The standard InChI is InChI=1S/C18H38O4Si2/c1-17(2,3)23(7,8)21-15(19)13-11-12-14-16(20)22-24(9,10)18(4,5)6/h11-14H2,1-10H3. The van der Waals surface area contributed by atoms with E-state index in [1.165, 1.54) is 0 Å². The Balaban J connectivity index is 4.19. The zero-order chi connectivity index (χ0) is 19.4. The van der Waals surface area contributed by atoms with E-state index in [-0.39, 0.29) is 22.0 Å². The molecule has 0 rings (SSSR count). The Morgan fingerprint density at radius 2 is 0.917 bits per heavy atom. The third-order valence-corrected chi connectivity index (χ3v) is 14.1. The van der Waals surface area contributed by atoms with Gasteiger partial charge in [0.1, 0.15) is 0 Å². The predicted octanol–water partition coefficient (Wildman–Crippen LogP) is 5.64. The molecule has 0 bridgehead atoms. The van der Waals surface area contributed by atoms with E-state index in [2.05, 4.69) is 67.7 Å². The van der Waals surface area contributed by atoms with Crippen LogP contribution in [0.5, 0.6) is 0 Å². The molecule has 0 atom stereocenters. The van der Waals surface area contributed by atoms with Gasteiger partial charge in [-0.2, -0.15) is 0 Å². The third kappa shape index (κ3) is 7.51. The Labute approximate surface area is 151 Å². The molecule has 0 unspecified atom stereocenters. The Morgan fingerprint density at radius 1 is 0.667 bits per heavy atom. The van der Waals surface area contributed by atoms with Gasteiger partial charge in [-0.3, -0.25) is 9.59 Å². The Morgan fingerprint density at radius 3 is 1.12 bits per heavy atom. The van der Waals surface area contributed by atoms with Gasteiger partial charge in [-0.05, 0) is 49.1 Å². The van der Waals surface area contributed by atoms with E-state index in [1.807, 2.05) is 0 Å². The van der Waals surface area contributed by atoms with Crippen molar-refractivity contribution >= 4 is 28.6 Å². The van der Waals surface area contributed by atoms with E-state index in [9.17, 15) is 9.59 Å². The molecule has 6 heteroatoms. The number of unbranched alkanes of at least 4 members (excludes halogenated alkanes) is 1. The summed E-state index contributed by atoms with van der Waals surface area (Å²) in [6.07, 6.45) is 2.08. The molecular weight excluding hydrogens is 336 g/mol. The lowest BCUT2D eigenvalue weighted by molar-refractivity contribution is -0.137. The summed E-state index contributed by atoms with van der Waals surface area (Å²) in [5, 5.41) is 0.0469. The van der Waals surface area contributed by atoms with Crippen LogP contribution in [0.4, 0.5) is 0 Å². The third-order valence-electron chi connectivity index (χ3n) is 5.36. The van der Waals surface area contributed by atoms with E-state index in [4.69, 9.17) is 8.85 Å². The van der Waals surface area contributed by atoms with Gasteiger partial charge in [0.15, 0.2) is 0 Å².